The number of hydrogen-bond donors (Lipinski definition) is 1. The van der Waals surface area contributed by atoms with E-state index in [9.17, 15) is 0 Å². The molecule has 2 heteroatoms. The highest BCUT2D eigenvalue weighted by molar-refractivity contribution is 5.34. The van der Waals surface area contributed by atoms with E-state index in [1.54, 1.807) is 0 Å². The van der Waals surface area contributed by atoms with E-state index in [2.05, 4.69) is 36.5 Å². The average Bonchev–Trinajstić information content (AvgIpc) is 2.40. The largest absolute Gasteiger partial charge is 0.359 e. The topological polar surface area (TPSA) is 19.0 Å². The smallest absolute Gasteiger partial charge is 0.0383 e. The summed E-state index contributed by atoms with van der Waals surface area (Å²) in [6.45, 7) is 8.30. The Kier molecular flexibility index (Phi) is 2.00. The number of likely N-dealkylation sites (N-methyl/N-ethyl adjacent to an activating group) is 1. The van der Waals surface area contributed by atoms with Gasteiger partial charge in [0.05, 0.1) is 0 Å². The Balaban J connectivity index is 2.62. The van der Waals surface area contributed by atoms with Crippen molar-refractivity contribution >= 4 is 12.7 Å². The van der Waals surface area contributed by atoms with E-state index in [-0.39, 0.29) is 0 Å². The van der Waals surface area contributed by atoms with Crippen LogP contribution in [0.1, 0.15) is 18.2 Å². The van der Waals surface area contributed by atoms with Crippen molar-refractivity contribution in [2.24, 2.45) is 0 Å². The first-order valence-corrected chi connectivity index (χ1v) is 4.76. The maximum atomic E-state index is 4.02. The van der Waals surface area contributed by atoms with Crippen LogP contribution in [0.25, 0.3) is 12.7 Å². The minimum Gasteiger partial charge on any atom is -0.359 e. The van der Waals surface area contributed by atoms with E-state index in [4.69, 9.17) is 0 Å². The Hall–Kier alpha value is -1.02. The molecule has 2 nitrogen and oxygen atoms in total. The van der Waals surface area contributed by atoms with Gasteiger partial charge in [-0.25, -0.2) is 0 Å². The van der Waals surface area contributed by atoms with Gasteiger partial charge >= 0.3 is 0 Å². The van der Waals surface area contributed by atoms with Crippen LogP contribution < -0.4 is 10.6 Å². The standard InChI is InChI=1S/C11H16N2/c1-4-9-8(2)12-11-5-6-13(3)7-10(9)11/h4,12H,2,5-7H2,1,3H3. The number of aromatic amines is 1. The predicted molar refractivity (Wildman–Crippen MR) is 55.7 cm³/mol. The third-order valence-electron chi connectivity index (χ3n) is 2.78. The number of aromatic nitrogens is 1. The molecule has 0 amide bonds. The number of H-pyrrole nitrogens is 1. The van der Waals surface area contributed by atoms with E-state index < -0.39 is 0 Å². The summed E-state index contributed by atoms with van der Waals surface area (Å²) in [7, 11) is 2.16. The predicted octanol–water partition coefficient (Wildman–Crippen LogP) is 0.213. The molecule has 0 bridgehead atoms. The fraction of sp³-hybridized carbons (Fsp3) is 0.455. The van der Waals surface area contributed by atoms with Crippen LogP contribution in [0, 0.1) is 0 Å². The summed E-state index contributed by atoms with van der Waals surface area (Å²) in [6.07, 6.45) is 3.28. The molecular weight excluding hydrogens is 160 g/mol. The summed E-state index contributed by atoms with van der Waals surface area (Å²) < 4.78 is 0. The normalized spacial score (nSPS) is 19.1. The highest BCUT2D eigenvalue weighted by Crippen LogP contribution is 2.10. The lowest BCUT2D eigenvalue weighted by Crippen LogP contribution is -2.30. The highest BCUT2D eigenvalue weighted by atomic mass is 15.1. The fourth-order valence-corrected chi connectivity index (χ4v) is 2.06. The molecule has 0 spiro atoms. The summed E-state index contributed by atoms with van der Waals surface area (Å²) in [4.78, 5) is 5.72. The summed E-state index contributed by atoms with van der Waals surface area (Å²) in [5, 5.41) is 2.38. The van der Waals surface area contributed by atoms with Crippen molar-refractivity contribution in [3.8, 4) is 0 Å². The van der Waals surface area contributed by atoms with Gasteiger partial charge in [-0.2, -0.15) is 0 Å². The van der Waals surface area contributed by atoms with E-state index in [1.165, 1.54) is 16.5 Å². The van der Waals surface area contributed by atoms with Gasteiger partial charge in [-0.05, 0) is 24.8 Å². The molecule has 13 heavy (non-hydrogen) atoms. The van der Waals surface area contributed by atoms with Crippen molar-refractivity contribution in [2.75, 3.05) is 13.6 Å². The first-order valence-electron chi connectivity index (χ1n) is 4.76. The molecular formula is C11H16N2. The Morgan fingerprint density at radius 3 is 3.00 bits per heavy atom. The van der Waals surface area contributed by atoms with E-state index in [0.29, 0.717) is 0 Å². The molecule has 0 saturated carbocycles. The fourth-order valence-electron chi connectivity index (χ4n) is 2.06. The summed E-state index contributed by atoms with van der Waals surface area (Å²) in [6, 6.07) is 0. The van der Waals surface area contributed by atoms with Gasteiger partial charge in [-0.15, -0.1) is 0 Å². The average molecular weight is 176 g/mol. The maximum absolute atomic E-state index is 4.02. The zero-order valence-corrected chi connectivity index (χ0v) is 8.35. The van der Waals surface area contributed by atoms with Crippen LogP contribution in [0.3, 0.4) is 0 Å². The molecule has 1 aliphatic heterocycles. The van der Waals surface area contributed by atoms with Gasteiger partial charge in [0, 0.05) is 30.6 Å². The lowest BCUT2D eigenvalue weighted by atomic mass is 10.1. The van der Waals surface area contributed by atoms with Gasteiger partial charge in [-0.1, -0.05) is 12.7 Å². The Morgan fingerprint density at radius 2 is 2.31 bits per heavy atom. The van der Waals surface area contributed by atoms with Crippen LogP contribution in [0.4, 0.5) is 0 Å². The van der Waals surface area contributed by atoms with Gasteiger partial charge in [0.15, 0.2) is 0 Å². The van der Waals surface area contributed by atoms with E-state index >= 15 is 0 Å². The van der Waals surface area contributed by atoms with Gasteiger partial charge in [0.1, 0.15) is 0 Å². The maximum Gasteiger partial charge on any atom is 0.0383 e. The van der Waals surface area contributed by atoms with Crippen molar-refractivity contribution in [2.45, 2.75) is 19.9 Å². The van der Waals surface area contributed by atoms with Crippen molar-refractivity contribution in [1.82, 2.24) is 9.88 Å². The van der Waals surface area contributed by atoms with Crippen LogP contribution in [-0.2, 0) is 13.0 Å². The molecule has 1 aromatic rings. The van der Waals surface area contributed by atoms with Crippen molar-refractivity contribution < 1.29 is 0 Å². The second kappa shape index (κ2) is 3.04. The van der Waals surface area contributed by atoms with Gasteiger partial charge in [0.2, 0.25) is 0 Å². The molecule has 0 aromatic carbocycles. The molecule has 0 unspecified atom stereocenters. The van der Waals surface area contributed by atoms with E-state index in [1.807, 2.05) is 0 Å². The van der Waals surface area contributed by atoms with Crippen molar-refractivity contribution in [3.05, 3.63) is 21.8 Å². The zero-order valence-electron chi connectivity index (χ0n) is 8.35. The lowest BCUT2D eigenvalue weighted by molar-refractivity contribution is 0.311. The highest BCUT2D eigenvalue weighted by Gasteiger charge is 2.15. The van der Waals surface area contributed by atoms with Crippen LogP contribution >= 0.6 is 0 Å². The summed E-state index contributed by atoms with van der Waals surface area (Å²) in [5.74, 6) is 0. The molecule has 0 aliphatic carbocycles. The SMILES string of the molecule is C=c1[nH]c2c(c1=CC)CN(C)CC2. The third-order valence-corrected chi connectivity index (χ3v) is 2.78. The summed E-state index contributed by atoms with van der Waals surface area (Å²) in [5.41, 5.74) is 2.83. The van der Waals surface area contributed by atoms with Crippen LogP contribution in [0.2, 0.25) is 0 Å². The zero-order chi connectivity index (χ0) is 9.42. The third kappa shape index (κ3) is 1.31. The molecule has 0 fully saturated rings. The first kappa shape index (κ1) is 8.57. The number of nitrogens with one attached hydrogen (secondary N) is 1. The van der Waals surface area contributed by atoms with Crippen molar-refractivity contribution in [3.63, 3.8) is 0 Å². The second-order valence-electron chi connectivity index (χ2n) is 3.75. The lowest BCUT2D eigenvalue weighted by Gasteiger charge is -2.22. The minimum absolute atomic E-state index is 1.06. The number of hydrogen-bond acceptors (Lipinski definition) is 1. The number of nitrogens with zero attached hydrogens (tertiary/aromatic N) is 1. The second-order valence-corrected chi connectivity index (χ2v) is 3.75. The van der Waals surface area contributed by atoms with E-state index in [0.717, 1.165) is 24.9 Å². The molecule has 1 aliphatic rings. The monoisotopic (exact) mass is 176 g/mol. The Bertz CT molecular complexity index is 414. The van der Waals surface area contributed by atoms with Crippen molar-refractivity contribution in [1.29, 1.82) is 0 Å². The minimum atomic E-state index is 1.06. The van der Waals surface area contributed by atoms with Gasteiger partial charge in [0.25, 0.3) is 0 Å². The molecule has 2 rings (SSSR count). The molecule has 0 atom stereocenters. The molecule has 1 aromatic heterocycles. The molecule has 1 N–H and O–H groups in total. The van der Waals surface area contributed by atoms with Crippen LogP contribution in [-0.4, -0.2) is 23.5 Å². The number of rotatable bonds is 0. The molecule has 2 heterocycles. The Labute approximate surface area is 78.6 Å². The first-order chi connectivity index (χ1) is 6.22. The quantitative estimate of drug-likeness (QED) is 0.599. The van der Waals surface area contributed by atoms with Gasteiger partial charge < -0.3 is 9.88 Å². The molecule has 0 saturated heterocycles. The Morgan fingerprint density at radius 1 is 1.54 bits per heavy atom. The molecule has 0 radical (unpaired) electrons. The number of fused-ring (bicyclic) bond motifs is 1. The summed E-state index contributed by atoms with van der Waals surface area (Å²) >= 11 is 0. The molecule has 70 valence electrons. The van der Waals surface area contributed by atoms with Gasteiger partial charge in [-0.3, -0.25) is 0 Å². The van der Waals surface area contributed by atoms with Crippen LogP contribution in [0.5, 0.6) is 0 Å². The van der Waals surface area contributed by atoms with Crippen LogP contribution in [0.15, 0.2) is 0 Å².